The lowest BCUT2D eigenvalue weighted by molar-refractivity contribution is 0.628. The van der Waals surface area contributed by atoms with Crippen LogP contribution in [0.1, 0.15) is 16.8 Å². The van der Waals surface area contributed by atoms with Gasteiger partial charge in [-0.05, 0) is 40.5 Å². The zero-order valence-electron chi connectivity index (χ0n) is 11.0. The molecular weight excluding hydrogens is 249 g/mol. The van der Waals surface area contributed by atoms with Crippen molar-refractivity contribution in [2.75, 3.05) is 0 Å². The second-order valence-electron chi connectivity index (χ2n) is 5.30. The average molecular weight is 263 g/mol. The molecule has 0 N–H and O–H groups in total. The smallest absolute Gasteiger partial charge is 0.123 e. The molecule has 4 rings (SSSR count). The van der Waals surface area contributed by atoms with Crippen molar-refractivity contribution >= 4 is 0 Å². The molecule has 0 saturated carbocycles. The molecule has 98 valence electrons. The molecule has 0 bridgehead atoms. The maximum absolute atomic E-state index is 13.0. The molecule has 1 aliphatic rings. The van der Waals surface area contributed by atoms with E-state index in [0.717, 1.165) is 24.1 Å². The van der Waals surface area contributed by atoms with Gasteiger partial charge in [0, 0.05) is 24.9 Å². The minimum absolute atomic E-state index is 0.190. The summed E-state index contributed by atoms with van der Waals surface area (Å²) in [6.45, 7) is 0.923. The third kappa shape index (κ3) is 1.85. The van der Waals surface area contributed by atoms with Gasteiger partial charge in [-0.3, -0.25) is 0 Å². The van der Waals surface area contributed by atoms with Crippen LogP contribution in [0, 0.1) is 5.82 Å². The van der Waals surface area contributed by atoms with Crippen molar-refractivity contribution < 1.29 is 4.39 Å². The standard InChI is InChI=1S/C18H14FN/c19-17-7-5-13(6-8-17)16-10-18-9-14-3-1-2-4-15(14)11-20(18)12-16/h1-8,10,12H,9,11H2. The van der Waals surface area contributed by atoms with Crippen LogP contribution in [-0.4, -0.2) is 4.57 Å². The molecule has 0 radical (unpaired) electrons. The summed E-state index contributed by atoms with van der Waals surface area (Å²) in [6, 6.07) is 17.5. The lowest BCUT2D eigenvalue weighted by Crippen LogP contribution is -2.12. The second kappa shape index (κ2) is 4.34. The van der Waals surface area contributed by atoms with Gasteiger partial charge in [0.1, 0.15) is 5.82 Å². The molecule has 0 amide bonds. The van der Waals surface area contributed by atoms with E-state index in [1.165, 1.54) is 29.0 Å². The first kappa shape index (κ1) is 11.5. The summed E-state index contributed by atoms with van der Waals surface area (Å²) in [6.07, 6.45) is 3.13. The zero-order valence-corrected chi connectivity index (χ0v) is 11.0. The molecule has 0 spiro atoms. The molecule has 2 aromatic carbocycles. The molecule has 0 atom stereocenters. The van der Waals surface area contributed by atoms with Gasteiger partial charge in [0.25, 0.3) is 0 Å². The number of hydrogen-bond donors (Lipinski definition) is 0. The predicted molar refractivity (Wildman–Crippen MR) is 78.2 cm³/mol. The number of aromatic nitrogens is 1. The summed E-state index contributed by atoms with van der Waals surface area (Å²) >= 11 is 0. The quantitative estimate of drug-likeness (QED) is 0.484. The van der Waals surface area contributed by atoms with Crippen molar-refractivity contribution in [2.45, 2.75) is 13.0 Å². The van der Waals surface area contributed by atoms with E-state index in [1.807, 2.05) is 12.1 Å². The fourth-order valence-electron chi connectivity index (χ4n) is 2.91. The zero-order chi connectivity index (χ0) is 13.5. The van der Waals surface area contributed by atoms with Crippen LogP contribution in [0.5, 0.6) is 0 Å². The Morgan fingerprint density at radius 3 is 2.40 bits per heavy atom. The van der Waals surface area contributed by atoms with Crippen LogP contribution >= 0.6 is 0 Å². The highest BCUT2D eigenvalue weighted by atomic mass is 19.1. The van der Waals surface area contributed by atoms with E-state index in [4.69, 9.17) is 0 Å². The highest BCUT2D eigenvalue weighted by Gasteiger charge is 2.15. The van der Waals surface area contributed by atoms with Crippen LogP contribution in [0.2, 0.25) is 0 Å². The summed E-state index contributed by atoms with van der Waals surface area (Å²) in [5.74, 6) is -0.190. The molecule has 0 fully saturated rings. The fraction of sp³-hybridized carbons (Fsp3) is 0.111. The van der Waals surface area contributed by atoms with E-state index >= 15 is 0 Å². The Labute approximate surface area is 117 Å². The van der Waals surface area contributed by atoms with Crippen LogP contribution < -0.4 is 0 Å². The number of benzene rings is 2. The van der Waals surface area contributed by atoms with Gasteiger partial charge >= 0.3 is 0 Å². The molecule has 1 aliphatic heterocycles. The molecule has 0 unspecified atom stereocenters. The number of nitrogens with zero attached hydrogens (tertiary/aromatic N) is 1. The number of halogens is 1. The van der Waals surface area contributed by atoms with Gasteiger partial charge in [-0.1, -0.05) is 36.4 Å². The third-order valence-corrected chi connectivity index (χ3v) is 3.99. The normalized spacial score (nSPS) is 12.8. The van der Waals surface area contributed by atoms with E-state index < -0.39 is 0 Å². The first-order valence-electron chi connectivity index (χ1n) is 6.81. The van der Waals surface area contributed by atoms with Gasteiger partial charge in [-0.15, -0.1) is 0 Å². The molecule has 2 heterocycles. The number of rotatable bonds is 1. The summed E-state index contributed by atoms with van der Waals surface area (Å²) in [5.41, 5.74) is 6.35. The molecule has 20 heavy (non-hydrogen) atoms. The third-order valence-electron chi connectivity index (χ3n) is 3.99. The van der Waals surface area contributed by atoms with E-state index in [9.17, 15) is 4.39 Å². The maximum Gasteiger partial charge on any atom is 0.123 e. The van der Waals surface area contributed by atoms with Gasteiger partial charge in [-0.25, -0.2) is 4.39 Å². The lowest BCUT2D eigenvalue weighted by Gasteiger charge is -2.18. The lowest BCUT2D eigenvalue weighted by atomic mass is 9.99. The topological polar surface area (TPSA) is 4.93 Å². The Kier molecular flexibility index (Phi) is 2.49. The van der Waals surface area contributed by atoms with Crippen molar-refractivity contribution in [1.82, 2.24) is 4.57 Å². The summed E-state index contributed by atoms with van der Waals surface area (Å²) in [5, 5.41) is 0. The molecule has 1 aromatic heterocycles. The largest absolute Gasteiger partial charge is 0.346 e. The van der Waals surface area contributed by atoms with Gasteiger partial charge in [0.05, 0.1) is 0 Å². The SMILES string of the molecule is Fc1ccc(-c2cc3n(c2)Cc2ccccc2C3)cc1. The Morgan fingerprint density at radius 2 is 1.60 bits per heavy atom. The van der Waals surface area contributed by atoms with E-state index in [1.54, 1.807) is 0 Å². The van der Waals surface area contributed by atoms with Crippen molar-refractivity contribution in [1.29, 1.82) is 0 Å². The van der Waals surface area contributed by atoms with E-state index in [2.05, 4.69) is 41.1 Å². The first-order valence-corrected chi connectivity index (χ1v) is 6.81. The summed E-state index contributed by atoms with van der Waals surface area (Å²) < 4.78 is 15.3. The average Bonchev–Trinajstić information content (AvgIpc) is 2.88. The fourth-order valence-corrected chi connectivity index (χ4v) is 2.91. The Hall–Kier alpha value is -2.35. The molecule has 2 heteroatoms. The van der Waals surface area contributed by atoms with E-state index in [-0.39, 0.29) is 5.82 Å². The number of hydrogen-bond acceptors (Lipinski definition) is 0. The van der Waals surface area contributed by atoms with Crippen molar-refractivity contribution in [3.8, 4) is 11.1 Å². The minimum atomic E-state index is -0.190. The van der Waals surface area contributed by atoms with Gasteiger partial charge in [0.2, 0.25) is 0 Å². The predicted octanol–water partition coefficient (Wildman–Crippen LogP) is 4.25. The van der Waals surface area contributed by atoms with Crippen LogP contribution in [0.15, 0.2) is 60.8 Å². The van der Waals surface area contributed by atoms with Crippen LogP contribution in [0.3, 0.4) is 0 Å². The maximum atomic E-state index is 13.0. The number of fused-ring (bicyclic) bond motifs is 2. The van der Waals surface area contributed by atoms with Gasteiger partial charge < -0.3 is 4.57 Å². The highest BCUT2D eigenvalue weighted by Crippen LogP contribution is 2.28. The second-order valence-corrected chi connectivity index (χ2v) is 5.30. The highest BCUT2D eigenvalue weighted by molar-refractivity contribution is 5.64. The van der Waals surface area contributed by atoms with Gasteiger partial charge in [-0.2, -0.15) is 0 Å². The Bertz CT molecular complexity index is 726. The summed E-state index contributed by atoms with van der Waals surface area (Å²) in [7, 11) is 0. The molecular formula is C18H14FN. The van der Waals surface area contributed by atoms with Crippen molar-refractivity contribution in [2.24, 2.45) is 0 Å². The van der Waals surface area contributed by atoms with Crippen LogP contribution in [-0.2, 0) is 13.0 Å². The van der Waals surface area contributed by atoms with Gasteiger partial charge in [0.15, 0.2) is 0 Å². The molecule has 1 nitrogen and oxygen atoms in total. The Balaban J connectivity index is 1.74. The first-order chi connectivity index (χ1) is 9.79. The van der Waals surface area contributed by atoms with Crippen molar-refractivity contribution in [3.63, 3.8) is 0 Å². The Morgan fingerprint density at radius 1 is 0.850 bits per heavy atom. The summed E-state index contributed by atoms with van der Waals surface area (Å²) in [4.78, 5) is 0. The molecule has 0 aliphatic carbocycles. The van der Waals surface area contributed by atoms with Crippen LogP contribution in [0.25, 0.3) is 11.1 Å². The van der Waals surface area contributed by atoms with E-state index in [0.29, 0.717) is 0 Å². The van der Waals surface area contributed by atoms with Crippen LogP contribution in [0.4, 0.5) is 4.39 Å². The molecule has 0 saturated heterocycles. The minimum Gasteiger partial charge on any atom is -0.346 e. The monoisotopic (exact) mass is 263 g/mol. The van der Waals surface area contributed by atoms with Crippen molar-refractivity contribution in [3.05, 3.63) is 83.4 Å². The molecule has 3 aromatic rings.